The minimum absolute atomic E-state index is 0.269. The highest BCUT2D eigenvalue weighted by Gasteiger charge is 2.16. The minimum Gasteiger partial charge on any atom is -0.382 e. The third-order valence-electron chi connectivity index (χ3n) is 2.66. The van der Waals surface area contributed by atoms with Gasteiger partial charge in [-0.1, -0.05) is 13.8 Å². The molecule has 0 aliphatic heterocycles. The summed E-state index contributed by atoms with van der Waals surface area (Å²) < 4.78 is 0. The van der Waals surface area contributed by atoms with Gasteiger partial charge >= 0.3 is 0 Å². The molecule has 0 aliphatic rings. The predicted octanol–water partition coefficient (Wildman–Crippen LogP) is 2.49. The van der Waals surface area contributed by atoms with E-state index < -0.39 is 0 Å². The molecule has 0 aromatic carbocycles. The molecular formula is C12H24N4. The Labute approximate surface area is 98.9 Å². The van der Waals surface area contributed by atoms with E-state index in [0.29, 0.717) is 11.9 Å². The molecule has 2 N–H and O–H groups in total. The van der Waals surface area contributed by atoms with Crippen LogP contribution in [0.25, 0.3) is 0 Å². The molecular weight excluding hydrogens is 200 g/mol. The van der Waals surface area contributed by atoms with Gasteiger partial charge < -0.3 is 5.73 Å². The molecule has 0 saturated carbocycles. The van der Waals surface area contributed by atoms with E-state index in [1.54, 1.807) is 6.20 Å². The monoisotopic (exact) mass is 224 g/mol. The first-order valence-corrected chi connectivity index (χ1v) is 5.83. The van der Waals surface area contributed by atoms with E-state index in [1.807, 2.05) is 19.9 Å². The molecule has 16 heavy (non-hydrogen) atoms. The maximum atomic E-state index is 5.76. The van der Waals surface area contributed by atoms with E-state index in [-0.39, 0.29) is 6.04 Å². The smallest absolute Gasteiger partial charge is 0.150 e. The van der Waals surface area contributed by atoms with Crippen molar-refractivity contribution in [1.29, 1.82) is 0 Å². The van der Waals surface area contributed by atoms with Crippen molar-refractivity contribution >= 4 is 5.82 Å². The number of hydrogen-bond acceptors (Lipinski definition) is 4. The largest absolute Gasteiger partial charge is 0.382 e. The van der Waals surface area contributed by atoms with Gasteiger partial charge in [-0.15, -0.1) is 5.10 Å². The summed E-state index contributed by atoms with van der Waals surface area (Å²) in [5, 5.41) is 7.58. The van der Waals surface area contributed by atoms with Crippen LogP contribution in [0.4, 0.5) is 5.82 Å². The molecule has 1 aromatic rings. The van der Waals surface area contributed by atoms with Gasteiger partial charge in [-0.25, -0.2) is 0 Å². The first kappa shape index (κ1) is 14.8. The van der Waals surface area contributed by atoms with Crippen molar-refractivity contribution in [3.8, 4) is 0 Å². The van der Waals surface area contributed by atoms with Gasteiger partial charge in [0.15, 0.2) is 5.82 Å². The van der Waals surface area contributed by atoms with Crippen LogP contribution < -0.4 is 5.73 Å². The summed E-state index contributed by atoms with van der Waals surface area (Å²) in [6.07, 6.45) is 1.68. The normalized spacial score (nSPS) is 12.2. The Hall–Kier alpha value is -1.16. The molecule has 0 spiro atoms. The fourth-order valence-electron chi connectivity index (χ4n) is 1.37. The minimum atomic E-state index is 0.269. The van der Waals surface area contributed by atoms with Gasteiger partial charge in [-0.3, -0.25) is 4.90 Å². The van der Waals surface area contributed by atoms with Crippen molar-refractivity contribution in [2.75, 3.05) is 12.8 Å². The van der Waals surface area contributed by atoms with Gasteiger partial charge in [-0.05, 0) is 33.9 Å². The van der Waals surface area contributed by atoms with Crippen molar-refractivity contribution in [2.45, 2.75) is 46.7 Å². The molecule has 0 amide bonds. The molecule has 1 aromatic heterocycles. The number of anilines is 1. The Morgan fingerprint density at radius 3 is 2.25 bits per heavy atom. The van der Waals surface area contributed by atoms with Crippen molar-refractivity contribution < 1.29 is 0 Å². The number of rotatable bonds is 3. The van der Waals surface area contributed by atoms with Crippen molar-refractivity contribution in [3.63, 3.8) is 0 Å². The number of nitrogen functional groups attached to an aromatic ring is 1. The van der Waals surface area contributed by atoms with E-state index >= 15 is 0 Å². The average molecular weight is 224 g/mol. The Bertz CT molecular complexity index is 299. The molecule has 92 valence electrons. The Balaban J connectivity index is 0.00000106. The molecule has 1 heterocycles. The molecule has 0 radical (unpaired) electrons. The Kier molecular flexibility index (Phi) is 6.65. The second kappa shape index (κ2) is 7.17. The maximum absolute atomic E-state index is 5.76. The van der Waals surface area contributed by atoms with Crippen LogP contribution in [0.1, 0.15) is 46.2 Å². The standard InChI is InChI=1S/C10H18N4.C2H6/c1-7(2)14(4)8(3)9-5-6-12-13-10(9)11;1-2/h5-8H,1-4H3,(H2,11,13);1-2H3. The maximum Gasteiger partial charge on any atom is 0.150 e. The van der Waals surface area contributed by atoms with Crippen molar-refractivity contribution in [2.24, 2.45) is 0 Å². The lowest BCUT2D eigenvalue weighted by molar-refractivity contribution is 0.210. The van der Waals surface area contributed by atoms with Crippen LogP contribution in [-0.4, -0.2) is 28.2 Å². The summed E-state index contributed by atoms with van der Waals surface area (Å²) >= 11 is 0. The summed E-state index contributed by atoms with van der Waals surface area (Å²) in [4.78, 5) is 2.24. The Morgan fingerprint density at radius 1 is 1.25 bits per heavy atom. The van der Waals surface area contributed by atoms with Crippen LogP contribution in [0.3, 0.4) is 0 Å². The van der Waals surface area contributed by atoms with Crippen molar-refractivity contribution in [1.82, 2.24) is 15.1 Å². The molecule has 1 atom stereocenters. The van der Waals surface area contributed by atoms with Gasteiger partial charge in [0.1, 0.15) is 0 Å². The Morgan fingerprint density at radius 2 is 1.81 bits per heavy atom. The summed E-state index contributed by atoms with van der Waals surface area (Å²) in [5.41, 5.74) is 6.80. The fraction of sp³-hybridized carbons (Fsp3) is 0.667. The number of hydrogen-bond donors (Lipinski definition) is 1. The van der Waals surface area contributed by atoms with Crippen LogP contribution in [-0.2, 0) is 0 Å². The third-order valence-corrected chi connectivity index (χ3v) is 2.66. The highest BCUT2D eigenvalue weighted by Crippen LogP contribution is 2.23. The van der Waals surface area contributed by atoms with Crippen LogP contribution in [0.2, 0.25) is 0 Å². The molecule has 1 rings (SSSR count). The molecule has 0 saturated heterocycles. The van der Waals surface area contributed by atoms with Crippen LogP contribution in [0.5, 0.6) is 0 Å². The number of nitrogens with zero attached hydrogens (tertiary/aromatic N) is 3. The average Bonchev–Trinajstić information content (AvgIpc) is 2.30. The van der Waals surface area contributed by atoms with Gasteiger partial charge in [0.05, 0.1) is 6.20 Å². The molecule has 0 fully saturated rings. The van der Waals surface area contributed by atoms with Gasteiger partial charge in [-0.2, -0.15) is 5.10 Å². The SMILES string of the molecule is CC.CC(C)N(C)C(C)c1ccnnc1N. The zero-order valence-corrected chi connectivity index (χ0v) is 11.2. The summed E-state index contributed by atoms with van der Waals surface area (Å²) in [7, 11) is 2.08. The lowest BCUT2D eigenvalue weighted by atomic mass is 10.1. The van der Waals surface area contributed by atoms with Gasteiger partial charge in [0.2, 0.25) is 0 Å². The molecule has 1 unspecified atom stereocenters. The predicted molar refractivity (Wildman–Crippen MR) is 69.1 cm³/mol. The summed E-state index contributed by atoms with van der Waals surface area (Å²) in [5.74, 6) is 0.521. The quantitative estimate of drug-likeness (QED) is 0.857. The highest BCUT2D eigenvalue weighted by atomic mass is 15.2. The summed E-state index contributed by atoms with van der Waals surface area (Å²) in [6.45, 7) is 10.4. The summed E-state index contributed by atoms with van der Waals surface area (Å²) in [6, 6.07) is 2.68. The first-order chi connectivity index (χ1) is 7.54. The topological polar surface area (TPSA) is 55.0 Å². The van der Waals surface area contributed by atoms with Crippen LogP contribution in [0.15, 0.2) is 12.3 Å². The van der Waals surface area contributed by atoms with E-state index in [2.05, 4.69) is 42.9 Å². The molecule has 0 bridgehead atoms. The van der Waals surface area contributed by atoms with Gasteiger partial charge in [0.25, 0.3) is 0 Å². The molecule has 4 nitrogen and oxygen atoms in total. The van der Waals surface area contributed by atoms with E-state index in [4.69, 9.17) is 5.73 Å². The second-order valence-corrected chi connectivity index (χ2v) is 3.81. The zero-order valence-electron chi connectivity index (χ0n) is 11.2. The van der Waals surface area contributed by atoms with Crippen molar-refractivity contribution in [3.05, 3.63) is 17.8 Å². The zero-order chi connectivity index (χ0) is 12.7. The van der Waals surface area contributed by atoms with Gasteiger partial charge in [0, 0.05) is 17.6 Å². The number of aromatic nitrogens is 2. The van der Waals surface area contributed by atoms with E-state index in [9.17, 15) is 0 Å². The first-order valence-electron chi connectivity index (χ1n) is 5.83. The highest BCUT2D eigenvalue weighted by molar-refractivity contribution is 5.39. The van der Waals surface area contributed by atoms with E-state index in [0.717, 1.165) is 5.56 Å². The molecule has 4 heteroatoms. The fourth-order valence-corrected chi connectivity index (χ4v) is 1.37. The van der Waals surface area contributed by atoms with E-state index in [1.165, 1.54) is 0 Å². The van der Waals surface area contributed by atoms with Crippen LogP contribution in [0, 0.1) is 0 Å². The molecule has 0 aliphatic carbocycles. The second-order valence-electron chi connectivity index (χ2n) is 3.81. The lowest BCUT2D eigenvalue weighted by Crippen LogP contribution is -2.29. The number of nitrogens with two attached hydrogens (primary N) is 1. The lowest BCUT2D eigenvalue weighted by Gasteiger charge is -2.28. The van der Waals surface area contributed by atoms with Crippen LogP contribution >= 0.6 is 0 Å². The third kappa shape index (κ3) is 3.77.